The summed E-state index contributed by atoms with van der Waals surface area (Å²) in [5.41, 5.74) is 11.0. The molecule has 5 nitrogen and oxygen atoms in total. The van der Waals surface area contributed by atoms with E-state index in [4.69, 9.17) is 11.5 Å². The fourth-order valence-electron chi connectivity index (χ4n) is 0.797. The predicted molar refractivity (Wildman–Crippen MR) is 47.2 cm³/mol. The third-order valence-electron chi connectivity index (χ3n) is 2.04. The maximum atomic E-state index is 5.93. The molecule has 0 aromatic carbocycles. The molecule has 1 unspecified atom stereocenters. The summed E-state index contributed by atoms with van der Waals surface area (Å²) in [4.78, 5) is 4.06. The van der Waals surface area contributed by atoms with Crippen LogP contribution in [0.5, 0.6) is 0 Å². The normalized spacial score (nSPS) is 16.0. The van der Waals surface area contributed by atoms with Gasteiger partial charge in [0.15, 0.2) is 5.82 Å². The molecule has 0 spiro atoms. The van der Waals surface area contributed by atoms with Crippen molar-refractivity contribution in [3.63, 3.8) is 0 Å². The van der Waals surface area contributed by atoms with Gasteiger partial charge in [-0.15, -0.1) is 0 Å². The van der Waals surface area contributed by atoms with Gasteiger partial charge >= 0.3 is 0 Å². The molecule has 0 saturated carbocycles. The van der Waals surface area contributed by atoms with Crippen molar-refractivity contribution in [1.29, 1.82) is 0 Å². The summed E-state index contributed by atoms with van der Waals surface area (Å²) in [6, 6.07) is 0. The van der Waals surface area contributed by atoms with Crippen LogP contribution in [0.2, 0.25) is 0 Å². The average Bonchev–Trinajstić information content (AvgIpc) is 2.33. The molecule has 0 amide bonds. The van der Waals surface area contributed by atoms with Gasteiger partial charge in [-0.25, -0.2) is 4.68 Å². The first-order valence-corrected chi connectivity index (χ1v) is 3.93. The molecule has 5 heteroatoms. The SMILES string of the molecule is CCC(C)(N)c1nc(N)n(C)n1. The highest BCUT2D eigenvalue weighted by Gasteiger charge is 2.24. The van der Waals surface area contributed by atoms with Gasteiger partial charge in [0.2, 0.25) is 5.95 Å². The van der Waals surface area contributed by atoms with Crippen LogP contribution in [0, 0.1) is 0 Å². The molecular weight excluding hydrogens is 154 g/mol. The lowest BCUT2D eigenvalue weighted by molar-refractivity contribution is 0.443. The Hall–Kier alpha value is -1.10. The van der Waals surface area contributed by atoms with E-state index in [1.165, 1.54) is 4.68 Å². The fraction of sp³-hybridized carbons (Fsp3) is 0.714. The van der Waals surface area contributed by atoms with Crippen LogP contribution in [-0.4, -0.2) is 14.8 Å². The molecule has 1 rings (SSSR count). The Bertz CT molecular complexity index is 256. The molecule has 0 fully saturated rings. The van der Waals surface area contributed by atoms with Crippen LogP contribution in [-0.2, 0) is 12.6 Å². The minimum atomic E-state index is -0.477. The summed E-state index contributed by atoms with van der Waals surface area (Å²) in [7, 11) is 1.75. The van der Waals surface area contributed by atoms with E-state index in [0.29, 0.717) is 11.8 Å². The van der Waals surface area contributed by atoms with Gasteiger partial charge in [0.1, 0.15) is 0 Å². The average molecular weight is 169 g/mol. The van der Waals surface area contributed by atoms with Crippen molar-refractivity contribution in [3.8, 4) is 0 Å². The van der Waals surface area contributed by atoms with Crippen LogP contribution in [0.3, 0.4) is 0 Å². The highest BCUT2D eigenvalue weighted by Crippen LogP contribution is 2.17. The highest BCUT2D eigenvalue weighted by atomic mass is 15.4. The zero-order valence-corrected chi connectivity index (χ0v) is 7.70. The van der Waals surface area contributed by atoms with E-state index in [1.54, 1.807) is 7.05 Å². The second-order valence-electron chi connectivity index (χ2n) is 3.19. The quantitative estimate of drug-likeness (QED) is 0.651. The maximum Gasteiger partial charge on any atom is 0.218 e. The smallest absolute Gasteiger partial charge is 0.218 e. The Morgan fingerprint density at radius 1 is 1.58 bits per heavy atom. The molecule has 1 aromatic heterocycles. The lowest BCUT2D eigenvalue weighted by Crippen LogP contribution is -2.33. The summed E-state index contributed by atoms with van der Waals surface area (Å²) >= 11 is 0. The first-order valence-electron chi connectivity index (χ1n) is 3.93. The summed E-state index contributed by atoms with van der Waals surface area (Å²) in [5.74, 6) is 1.00. The number of aromatic nitrogens is 3. The van der Waals surface area contributed by atoms with Crippen LogP contribution in [0.15, 0.2) is 0 Å². The van der Waals surface area contributed by atoms with Crippen LogP contribution in [0.1, 0.15) is 26.1 Å². The molecule has 68 valence electrons. The van der Waals surface area contributed by atoms with E-state index in [-0.39, 0.29) is 0 Å². The zero-order chi connectivity index (χ0) is 9.35. The number of rotatable bonds is 2. The third-order valence-corrected chi connectivity index (χ3v) is 2.04. The monoisotopic (exact) mass is 169 g/mol. The van der Waals surface area contributed by atoms with Gasteiger partial charge in [0.25, 0.3) is 0 Å². The summed E-state index contributed by atoms with van der Waals surface area (Å²) in [6.45, 7) is 3.88. The predicted octanol–water partition coefficient (Wildman–Crippen LogP) is -0.0188. The fourth-order valence-corrected chi connectivity index (χ4v) is 0.797. The molecule has 4 N–H and O–H groups in total. The molecule has 0 aliphatic rings. The van der Waals surface area contributed by atoms with Gasteiger partial charge in [-0.2, -0.15) is 10.1 Å². The van der Waals surface area contributed by atoms with Gasteiger partial charge < -0.3 is 11.5 Å². The minimum absolute atomic E-state index is 0.398. The number of hydrogen-bond donors (Lipinski definition) is 2. The topological polar surface area (TPSA) is 82.7 Å². The van der Waals surface area contributed by atoms with Crippen molar-refractivity contribution in [1.82, 2.24) is 14.8 Å². The minimum Gasteiger partial charge on any atom is -0.368 e. The Balaban J connectivity index is 3.04. The standard InChI is InChI=1S/C7H15N5/c1-4-7(2,9)5-10-6(8)12(3)11-5/h4,9H2,1-3H3,(H2,8,10,11). The van der Waals surface area contributed by atoms with Crippen molar-refractivity contribution in [3.05, 3.63) is 5.82 Å². The molecule has 1 heterocycles. The zero-order valence-electron chi connectivity index (χ0n) is 7.70. The first kappa shape index (κ1) is 8.99. The van der Waals surface area contributed by atoms with Crippen molar-refractivity contribution in [2.45, 2.75) is 25.8 Å². The highest BCUT2D eigenvalue weighted by molar-refractivity contribution is 5.18. The molecule has 0 aliphatic carbocycles. The molecule has 1 aromatic rings. The molecule has 1 atom stereocenters. The molecule has 0 aliphatic heterocycles. The van der Waals surface area contributed by atoms with Crippen molar-refractivity contribution in [2.24, 2.45) is 12.8 Å². The Kier molecular flexibility index (Phi) is 2.06. The van der Waals surface area contributed by atoms with Crippen molar-refractivity contribution in [2.75, 3.05) is 5.73 Å². The molecular formula is C7H15N5. The maximum absolute atomic E-state index is 5.93. The largest absolute Gasteiger partial charge is 0.368 e. The first-order chi connectivity index (χ1) is 5.47. The van der Waals surface area contributed by atoms with E-state index in [0.717, 1.165) is 6.42 Å². The van der Waals surface area contributed by atoms with Crippen molar-refractivity contribution < 1.29 is 0 Å². The van der Waals surface area contributed by atoms with Gasteiger partial charge in [-0.05, 0) is 13.3 Å². The van der Waals surface area contributed by atoms with Crippen LogP contribution in [0.4, 0.5) is 5.95 Å². The van der Waals surface area contributed by atoms with Gasteiger partial charge in [-0.1, -0.05) is 6.92 Å². The number of nitrogens with two attached hydrogens (primary N) is 2. The number of nitrogen functional groups attached to an aromatic ring is 1. The number of anilines is 1. The van der Waals surface area contributed by atoms with Crippen LogP contribution in [0.25, 0.3) is 0 Å². The van der Waals surface area contributed by atoms with E-state index in [2.05, 4.69) is 10.1 Å². The summed E-state index contributed by atoms with van der Waals surface area (Å²) in [6.07, 6.45) is 0.788. The van der Waals surface area contributed by atoms with Crippen LogP contribution < -0.4 is 11.5 Å². The molecule has 0 bridgehead atoms. The lowest BCUT2D eigenvalue weighted by atomic mass is 10.0. The third kappa shape index (κ3) is 1.40. The number of nitrogens with zero attached hydrogens (tertiary/aromatic N) is 3. The van der Waals surface area contributed by atoms with Gasteiger partial charge in [0, 0.05) is 7.05 Å². The number of hydrogen-bond acceptors (Lipinski definition) is 4. The van der Waals surface area contributed by atoms with E-state index < -0.39 is 5.54 Å². The lowest BCUT2D eigenvalue weighted by Gasteiger charge is -2.17. The van der Waals surface area contributed by atoms with Crippen molar-refractivity contribution >= 4 is 5.95 Å². The number of aryl methyl sites for hydroxylation is 1. The Morgan fingerprint density at radius 3 is 2.50 bits per heavy atom. The summed E-state index contributed by atoms with van der Waals surface area (Å²) in [5, 5.41) is 4.11. The van der Waals surface area contributed by atoms with Gasteiger partial charge in [0.05, 0.1) is 5.54 Å². The second-order valence-corrected chi connectivity index (χ2v) is 3.19. The summed E-state index contributed by atoms with van der Waals surface area (Å²) < 4.78 is 1.52. The van der Waals surface area contributed by atoms with E-state index in [1.807, 2.05) is 13.8 Å². The van der Waals surface area contributed by atoms with Crippen LogP contribution >= 0.6 is 0 Å². The Labute approximate surface area is 71.8 Å². The molecule has 0 saturated heterocycles. The molecule has 0 radical (unpaired) electrons. The van der Waals surface area contributed by atoms with E-state index >= 15 is 0 Å². The second kappa shape index (κ2) is 2.75. The van der Waals surface area contributed by atoms with Gasteiger partial charge in [-0.3, -0.25) is 0 Å². The van der Waals surface area contributed by atoms with E-state index in [9.17, 15) is 0 Å². The Morgan fingerprint density at radius 2 is 2.17 bits per heavy atom. The molecule has 12 heavy (non-hydrogen) atoms.